The number of nitrogens with zero attached hydrogens (tertiary/aromatic N) is 1. The third-order valence-corrected chi connectivity index (χ3v) is 3.85. The van der Waals surface area contributed by atoms with E-state index in [1.807, 2.05) is 0 Å². The Morgan fingerprint density at radius 1 is 1.30 bits per heavy atom. The van der Waals surface area contributed by atoms with E-state index in [1.54, 1.807) is 13.0 Å². The number of carboxylic acids is 1. The first kappa shape index (κ1) is 14.8. The molecule has 0 saturated heterocycles. The SMILES string of the molecule is Cc1cc(C(=O)NC2(C(=O)O)CCCCC2)cc(Cl)n1. The number of carbonyl (C=O) groups is 2. The second-order valence-electron chi connectivity index (χ2n) is 5.22. The van der Waals surface area contributed by atoms with Gasteiger partial charge in [-0.1, -0.05) is 30.9 Å². The molecule has 1 heterocycles. The van der Waals surface area contributed by atoms with Gasteiger partial charge in [0, 0.05) is 11.3 Å². The zero-order chi connectivity index (χ0) is 14.8. The summed E-state index contributed by atoms with van der Waals surface area (Å²) in [4.78, 5) is 27.8. The Hall–Kier alpha value is -1.62. The lowest BCUT2D eigenvalue weighted by Crippen LogP contribution is -2.55. The fraction of sp³-hybridized carbons (Fsp3) is 0.500. The van der Waals surface area contributed by atoms with Gasteiger partial charge in [0.1, 0.15) is 10.7 Å². The van der Waals surface area contributed by atoms with E-state index in [0.29, 0.717) is 24.1 Å². The van der Waals surface area contributed by atoms with Crippen molar-refractivity contribution in [1.82, 2.24) is 10.3 Å². The van der Waals surface area contributed by atoms with E-state index in [1.165, 1.54) is 6.07 Å². The van der Waals surface area contributed by atoms with Crippen LogP contribution in [0.15, 0.2) is 12.1 Å². The predicted octanol–water partition coefficient (Wildman–Crippen LogP) is 2.56. The number of pyridine rings is 1. The van der Waals surface area contributed by atoms with Crippen LogP contribution in [0.25, 0.3) is 0 Å². The van der Waals surface area contributed by atoms with E-state index in [9.17, 15) is 14.7 Å². The molecule has 1 aromatic heterocycles. The number of halogens is 1. The van der Waals surface area contributed by atoms with Crippen LogP contribution in [-0.2, 0) is 4.79 Å². The van der Waals surface area contributed by atoms with Gasteiger partial charge in [-0.25, -0.2) is 9.78 Å². The van der Waals surface area contributed by atoms with Gasteiger partial charge in [-0.15, -0.1) is 0 Å². The number of carbonyl (C=O) groups excluding carboxylic acids is 1. The monoisotopic (exact) mass is 296 g/mol. The largest absolute Gasteiger partial charge is 0.480 e. The molecule has 2 rings (SSSR count). The van der Waals surface area contributed by atoms with E-state index in [-0.39, 0.29) is 5.15 Å². The molecule has 0 aliphatic heterocycles. The van der Waals surface area contributed by atoms with Crippen molar-refractivity contribution in [3.63, 3.8) is 0 Å². The van der Waals surface area contributed by atoms with Gasteiger partial charge in [0.05, 0.1) is 0 Å². The minimum atomic E-state index is -1.15. The molecule has 6 heteroatoms. The Morgan fingerprint density at radius 2 is 1.95 bits per heavy atom. The lowest BCUT2D eigenvalue weighted by molar-refractivity contribution is -0.145. The second kappa shape index (κ2) is 5.79. The Balaban J connectivity index is 2.22. The normalized spacial score (nSPS) is 17.5. The van der Waals surface area contributed by atoms with Crippen LogP contribution in [-0.4, -0.2) is 27.5 Å². The predicted molar refractivity (Wildman–Crippen MR) is 74.9 cm³/mol. The highest BCUT2D eigenvalue weighted by molar-refractivity contribution is 6.29. The molecule has 0 radical (unpaired) electrons. The zero-order valence-electron chi connectivity index (χ0n) is 11.3. The van der Waals surface area contributed by atoms with Gasteiger partial charge in [-0.05, 0) is 31.9 Å². The summed E-state index contributed by atoms with van der Waals surface area (Å²) in [7, 11) is 0. The van der Waals surface area contributed by atoms with Crippen molar-refractivity contribution in [2.75, 3.05) is 0 Å². The number of nitrogens with one attached hydrogen (secondary N) is 1. The maximum Gasteiger partial charge on any atom is 0.329 e. The summed E-state index contributed by atoms with van der Waals surface area (Å²) >= 11 is 5.83. The summed E-state index contributed by atoms with van der Waals surface area (Å²) in [5.41, 5.74) is -0.191. The quantitative estimate of drug-likeness (QED) is 0.840. The molecule has 0 spiro atoms. The van der Waals surface area contributed by atoms with Crippen molar-refractivity contribution in [2.45, 2.75) is 44.6 Å². The maximum atomic E-state index is 12.3. The van der Waals surface area contributed by atoms with Crippen molar-refractivity contribution in [2.24, 2.45) is 0 Å². The molecule has 0 unspecified atom stereocenters. The van der Waals surface area contributed by atoms with Crippen LogP contribution >= 0.6 is 11.6 Å². The zero-order valence-corrected chi connectivity index (χ0v) is 12.0. The molecular formula is C14H17ClN2O3. The molecule has 0 bridgehead atoms. The average molecular weight is 297 g/mol. The van der Waals surface area contributed by atoms with Crippen molar-refractivity contribution >= 4 is 23.5 Å². The first-order valence-electron chi connectivity index (χ1n) is 6.63. The summed E-state index contributed by atoms with van der Waals surface area (Å²) < 4.78 is 0. The topological polar surface area (TPSA) is 79.3 Å². The number of hydrogen-bond donors (Lipinski definition) is 2. The first-order chi connectivity index (χ1) is 9.43. The third-order valence-electron chi connectivity index (χ3n) is 3.65. The van der Waals surface area contributed by atoms with Crippen LogP contribution in [0.4, 0.5) is 0 Å². The molecule has 1 aromatic rings. The number of carboxylic acid groups (broad SMARTS) is 1. The summed E-state index contributed by atoms with van der Waals surface area (Å²) in [6.45, 7) is 1.73. The average Bonchev–Trinajstić information content (AvgIpc) is 2.38. The molecule has 20 heavy (non-hydrogen) atoms. The van der Waals surface area contributed by atoms with Gasteiger partial charge in [-0.3, -0.25) is 4.79 Å². The number of hydrogen-bond acceptors (Lipinski definition) is 3. The number of amides is 1. The molecule has 5 nitrogen and oxygen atoms in total. The molecule has 1 aliphatic rings. The summed E-state index contributed by atoms with van der Waals surface area (Å²) in [6.07, 6.45) is 3.55. The van der Waals surface area contributed by atoms with Gasteiger partial charge < -0.3 is 10.4 Å². The van der Waals surface area contributed by atoms with Crippen LogP contribution in [0.2, 0.25) is 5.15 Å². The third kappa shape index (κ3) is 3.10. The van der Waals surface area contributed by atoms with E-state index >= 15 is 0 Å². The summed E-state index contributed by atoms with van der Waals surface area (Å²) in [6, 6.07) is 3.04. The Bertz CT molecular complexity index is 519. The second-order valence-corrected chi connectivity index (χ2v) is 5.61. The van der Waals surface area contributed by atoms with Gasteiger partial charge in [0.2, 0.25) is 0 Å². The van der Waals surface area contributed by atoms with E-state index < -0.39 is 17.4 Å². The number of aromatic nitrogens is 1. The van der Waals surface area contributed by atoms with Crippen LogP contribution in [0.3, 0.4) is 0 Å². The highest BCUT2D eigenvalue weighted by Crippen LogP contribution is 2.29. The van der Waals surface area contributed by atoms with Crippen LogP contribution in [0.5, 0.6) is 0 Å². The lowest BCUT2D eigenvalue weighted by atomic mass is 9.81. The number of aryl methyl sites for hydroxylation is 1. The lowest BCUT2D eigenvalue weighted by Gasteiger charge is -2.34. The molecule has 1 saturated carbocycles. The maximum absolute atomic E-state index is 12.3. The van der Waals surface area contributed by atoms with Crippen molar-refractivity contribution in [3.05, 3.63) is 28.5 Å². The molecular weight excluding hydrogens is 280 g/mol. The Kier molecular flexibility index (Phi) is 4.28. The molecule has 1 amide bonds. The fourth-order valence-corrected chi connectivity index (χ4v) is 2.85. The van der Waals surface area contributed by atoms with Crippen LogP contribution < -0.4 is 5.32 Å². The highest BCUT2D eigenvalue weighted by Gasteiger charge is 2.41. The van der Waals surface area contributed by atoms with Crippen molar-refractivity contribution < 1.29 is 14.7 Å². The van der Waals surface area contributed by atoms with Crippen molar-refractivity contribution in [3.8, 4) is 0 Å². The summed E-state index contributed by atoms with van der Waals surface area (Å²) in [5.74, 6) is -1.39. The van der Waals surface area contributed by atoms with E-state index in [2.05, 4.69) is 10.3 Å². The number of rotatable bonds is 3. The highest BCUT2D eigenvalue weighted by atomic mass is 35.5. The molecule has 2 N–H and O–H groups in total. The van der Waals surface area contributed by atoms with Gasteiger partial charge in [-0.2, -0.15) is 0 Å². The molecule has 1 aliphatic carbocycles. The standard InChI is InChI=1S/C14H17ClN2O3/c1-9-7-10(8-11(15)16-9)12(18)17-14(13(19)20)5-3-2-4-6-14/h7-8H,2-6H2,1H3,(H,17,18)(H,19,20). The molecule has 0 atom stereocenters. The summed E-state index contributed by atoms with van der Waals surface area (Å²) in [5, 5.41) is 12.3. The van der Waals surface area contributed by atoms with Crippen molar-refractivity contribution in [1.29, 1.82) is 0 Å². The van der Waals surface area contributed by atoms with E-state index in [4.69, 9.17) is 11.6 Å². The van der Waals surface area contributed by atoms with E-state index in [0.717, 1.165) is 19.3 Å². The molecule has 1 fully saturated rings. The van der Waals surface area contributed by atoms with Crippen LogP contribution in [0, 0.1) is 6.92 Å². The number of aliphatic carboxylic acids is 1. The Labute approximate surface area is 122 Å². The molecule has 0 aromatic carbocycles. The van der Waals surface area contributed by atoms with Gasteiger partial charge in [0.15, 0.2) is 0 Å². The molecule has 108 valence electrons. The fourth-order valence-electron chi connectivity index (χ4n) is 2.60. The van der Waals surface area contributed by atoms with Gasteiger partial charge >= 0.3 is 5.97 Å². The smallest absolute Gasteiger partial charge is 0.329 e. The minimum Gasteiger partial charge on any atom is -0.480 e. The van der Waals surface area contributed by atoms with Gasteiger partial charge in [0.25, 0.3) is 5.91 Å². The minimum absolute atomic E-state index is 0.225. The Morgan fingerprint density at radius 3 is 2.50 bits per heavy atom. The first-order valence-corrected chi connectivity index (χ1v) is 7.01. The van der Waals surface area contributed by atoms with Crippen LogP contribution in [0.1, 0.15) is 48.2 Å².